The molecule has 0 bridgehead atoms. The molecule has 3 nitrogen and oxygen atoms in total. The lowest BCUT2D eigenvalue weighted by molar-refractivity contribution is 0.582. The first-order chi connectivity index (χ1) is 7.99. The molecule has 1 aromatic rings. The van der Waals surface area contributed by atoms with Crippen molar-refractivity contribution >= 4 is 23.5 Å². The summed E-state index contributed by atoms with van der Waals surface area (Å²) in [6, 6.07) is 3.45. The molecule has 6 heteroatoms. The van der Waals surface area contributed by atoms with Crippen molar-refractivity contribution in [1.82, 2.24) is 10.7 Å². The molecule has 0 heterocycles. The Labute approximate surface area is 104 Å². The zero-order chi connectivity index (χ0) is 12.8. The predicted molar refractivity (Wildman–Crippen MR) is 68.0 cm³/mol. The first-order valence-electron chi connectivity index (χ1n) is 5.03. The number of benzene rings is 1. The van der Waals surface area contributed by atoms with Crippen molar-refractivity contribution in [2.45, 2.75) is 19.9 Å². The topological polar surface area (TPSA) is 36.4 Å². The van der Waals surface area contributed by atoms with E-state index in [9.17, 15) is 8.78 Å². The van der Waals surface area contributed by atoms with Crippen molar-refractivity contribution < 1.29 is 8.78 Å². The van der Waals surface area contributed by atoms with Crippen LogP contribution in [0.4, 0.5) is 8.78 Å². The molecule has 92 valence electrons. The molecule has 1 rings (SSSR count). The van der Waals surface area contributed by atoms with E-state index < -0.39 is 11.6 Å². The lowest BCUT2D eigenvalue weighted by Crippen LogP contribution is -2.36. The summed E-state index contributed by atoms with van der Waals surface area (Å²) < 4.78 is 25.8. The first kappa shape index (κ1) is 13.5. The van der Waals surface area contributed by atoms with E-state index in [4.69, 9.17) is 12.2 Å². The first-order valence-corrected chi connectivity index (χ1v) is 5.44. The summed E-state index contributed by atoms with van der Waals surface area (Å²) in [7, 11) is 0. The third-order valence-corrected chi connectivity index (χ3v) is 1.96. The molecule has 0 spiro atoms. The Balaban J connectivity index is 2.56. The van der Waals surface area contributed by atoms with Gasteiger partial charge in [-0.2, -0.15) is 5.10 Å². The van der Waals surface area contributed by atoms with Gasteiger partial charge in [0.1, 0.15) is 11.6 Å². The highest BCUT2D eigenvalue weighted by atomic mass is 32.1. The quantitative estimate of drug-likeness (QED) is 0.495. The smallest absolute Gasteiger partial charge is 0.187 e. The summed E-state index contributed by atoms with van der Waals surface area (Å²) in [5.41, 5.74) is 2.72. The van der Waals surface area contributed by atoms with Gasteiger partial charge in [0.25, 0.3) is 0 Å². The Kier molecular flexibility index (Phi) is 4.96. The van der Waals surface area contributed by atoms with Gasteiger partial charge in [-0.3, -0.25) is 5.43 Å². The molecular formula is C11H13F2N3S. The maximum atomic E-state index is 13.2. The summed E-state index contributed by atoms with van der Waals surface area (Å²) >= 11 is 4.91. The van der Waals surface area contributed by atoms with E-state index in [1.54, 1.807) is 0 Å². The lowest BCUT2D eigenvalue weighted by atomic mass is 10.2. The zero-order valence-corrected chi connectivity index (χ0v) is 10.3. The molecule has 0 aliphatic carbocycles. The molecule has 0 fully saturated rings. The van der Waals surface area contributed by atoms with Crippen LogP contribution < -0.4 is 10.7 Å². The molecular weight excluding hydrogens is 244 g/mol. The summed E-state index contributed by atoms with van der Waals surface area (Å²) in [4.78, 5) is 0. The van der Waals surface area contributed by atoms with Gasteiger partial charge in [-0.05, 0) is 38.2 Å². The van der Waals surface area contributed by atoms with Gasteiger partial charge in [-0.1, -0.05) is 0 Å². The number of thiocarbonyl (C=S) groups is 1. The standard InChI is InChI=1S/C11H13F2N3S/c1-7(2)15-11(17)16-14-6-8-3-4-9(12)5-10(8)13/h3-7H,1-2H3,(H2,15,16,17). The molecule has 0 saturated heterocycles. The maximum Gasteiger partial charge on any atom is 0.187 e. The molecule has 0 unspecified atom stereocenters. The molecule has 0 amide bonds. The second-order valence-corrected chi connectivity index (χ2v) is 4.07. The SMILES string of the molecule is CC(C)NC(=S)NN=Cc1ccc(F)cc1F. The molecule has 0 atom stereocenters. The van der Waals surface area contributed by atoms with Crippen LogP contribution in [-0.4, -0.2) is 17.4 Å². The number of hydrogen-bond acceptors (Lipinski definition) is 2. The van der Waals surface area contributed by atoms with E-state index in [-0.39, 0.29) is 11.6 Å². The van der Waals surface area contributed by atoms with Crippen LogP contribution in [0.25, 0.3) is 0 Å². The van der Waals surface area contributed by atoms with Gasteiger partial charge < -0.3 is 5.32 Å². The molecule has 0 saturated carbocycles. The average molecular weight is 257 g/mol. The number of hydrogen-bond donors (Lipinski definition) is 2. The summed E-state index contributed by atoms with van der Waals surface area (Å²) in [5.74, 6) is -1.29. The van der Waals surface area contributed by atoms with Gasteiger partial charge in [-0.25, -0.2) is 8.78 Å². The minimum atomic E-state index is -0.668. The van der Waals surface area contributed by atoms with Gasteiger partial charge in [0, 0.05) is 17.7 Å². The molecule has 1 aromatic carbocycles. The van der Waals surface area contributed by atoms with Crippen molar-refractivity contribution in [3.8, 4) is 0 Å². The van der Waals surface area contributed by atoms with E-state index in [0.29, 0.717) is 5.11 Å². The molecule has 2 N–H and O–H groups in total. The number of halogens is 2. The normalized spacial score (nSPS) is 10.9. The van der Waals surface area contributed by atoms with Crippen molar-refractivity contribution in [3.05, 3.63) is 35.4 Å². The molecule has 0 aliphatic rings. The Morgan fingerprint density at radius 1 is 1.41 bits per heavy atom. The number of hydrazone groups is 1. The Bertz CT molecular complexity index is 433. The van der Waals surface area contributed by atoms with Crippen LogP contribution in [0, 0.1) is 11.6 Å². The second kappa shape index (κ2) is 6.24. The predicted octanol–water partition coefficient (Wildman–Crippen LogP) is 2.17. The highest BCUT2D eigenvalue weighted by molar-refractivity contribution is 7.80. The Hall–Kier alpha value is -1.56. The summed E-state index contributed by atoms with van der Waals surface area (Å²) in [6.07, 6.45) is 1.24. The molecule has 0 radical (unpaired) electrons. The van der Waals surface area contributed by atoms with Crippen molar-refractivity contribution in [1.29, 1.82) is 0 Å². The van der Waals surface area contributed by atoms with Crippen molar-refractivity contribution in [2.24, 2.45) is 5.10 Å². The molecule has 17 heavy (non-hydrogen) atoms. The minimum Gasteiger partial charge on any atom is -0.359 e. The second-order valence-electron chi connectivity index (χ2n) is 3.66. The summed E-state index contributed by atoms with van der Waals surface area (Å²) in [5, 5.41) is 7.00. The van der Waals surface area contributed by atoms with E-state index in [2.05, 4.69) is 15.8 Å². The molecule has 0 aliphatic heterocycles. The van der Waals surface area contributed by atoms with Crippen LogP contribution in [0.2, 0.25) is 0 Å². The molecule has 0 aromatic heterocycles. The van der Waals surface area contributed by atoms with Crippen LogP contribution in [-0.2, 0) is 0 Å². The van der Waals surface area contributed by atoms with Crippen LogP contribution >= 0.6 is 12.2 Å². The fourth-order valence-corrected chi connectivity index (χ4v) is 1.35. The van der Waals surface area contributed by atoms with Gasteiger partial charge in [0.05, 0.1) is 6.21 Å². The van der Waals surface area contributed by atoms with Crippen LogP contribution in [0.5, 0.6) is 0 Å². The van der Waals surface area contributed by atoms with Crippen LogP contribution in [0.15, 0.2) is 23.3 Å². The number of rotatable bonds is 3. The van der Waals surface area contributed by atoms with Gasteiger partial charge in [-0.15, -0.1) is 0 Å². The lowest BCUT2D eigenvalue weighted by Gasteiger charge is -2.09. The third kappa shape index (κ3) is 4.86. The van der Waals surface area contributed by atoms with Gasteiger partial charge >= 0.3 is 0 Å². The van der Waals surface area contributed by atoms with E-state index in [1.807, 2.05) is 13.8 Å². The fourth-order valence-electron chi connectivity index (χ4n) is 1.06. The summed E-state index contributed by atoms with van der Waals surface area (Å²) in [6.45, 7) is 3.86. The minimum absolute atomic E-state index is 0.186. The highest BCUT2D eigenvalue weighted by Crippen LogP contribution is 2.06. The van der Waals surface area contributed by atoms with Gasteiger partial charge in [0.2, 0.25) is 0 Å². The Morgan fingerprint density at radius 3 is 2.71 bits per heavy atom. The average Bonchev–Trinajstić information content (AvgIpc) is 2.20. The number of nitrogens with one attached hydrogen (secondary N) is 2. The van der Waals surface area contributed by atoms with E-state index >= 15 is 0 Å². The van der Waals surface area contributed by atoms with Gasteiger partial charge in [0.15, 0.2) is 5.11 Å². The van der Waals surface area contributed by atoms with Crippen molar-refractivity contribution in [2.75, 3.05) is 0 Å². The number of nitrogens with zero attached hydrogens (tertiary/aromatic N) is 1. The monoisotopic (exact) mass is 257 g/mol. The third-order valence-electron chi connectivity index (χ3n) is 1.75. The largest absolute Gasteiger partial charge is 0.359 e. The highest BCUT2D eigenvalue weighted by Gasteiger charge is 2.01. The zero-order valence-electron chi connectivity index (χ0n) is 9.50. The van der Waals surface area contributed by atoms with E-state index in [1.165, 1.54) is 12.3 Å². The van der Waals surface area contributed by atoms with Crippen LogP contribution in [0.3, 0.4) is 0 Å². The Morgan fingerprint density at radius 2 is 2.12 bits per heavy atom. The van der Waals surface area contributed by atoms with Crippen molar-refractivity contribution in [3.63, 3.8) is 0 Å². The maximum absolute atomic E-state index is 13.2. The van der Waals surface area contributed by atoms with Crippen LogP contribution in [0.1, 0.15) is 19.4 Å². The van der Waals surface area contributed by atoms with E-state index in [0.717, 1.165) is 12.1 Å². The fraction of sp³-hybridized carbons (Fsp3) is 0.273.